The monoisotopic (exact) mass is 141 g/mol. The molecule has 0 aromatic carbocycles. The van der Waals surface area contributed by atoms with Gasteiger partial charge in [-0.1, -0.05) is 0 Å². The number of halogens is 1. The lowest BCUT2D eigenvalue weighted by Crippen LogP contribution is -1.92. The van der Waals surface area contributed by atoms with Gasteiger partial charge in [-0.3, -0.25) is 4.98 Å². The summed E-state index contributed by atoms with van der Waals surface area (Å²) < 4.78 is 12.7. The van der Waals surface area contributed by atoms with Crippen LogP contribution in [0, 0.1) is 12.7 Å². The van der Waals surface area contributed by atoms with Crippen LogP contribution in [0.5, 0.6) is 0 Å². The van der Waals surface area contributed by atoms with Crippen molar-refractivity contribution in [3.8, 4) is 0 Å². The molecule has 0 unspecified atom stereocenters. The highest BCUT2D eigenvalue weighted by atomic mass is 19.1. The number of aliphatic hydroxyl groups is 1. The van der Waals surface area contributed by atoms with Crippen LogP contribution in [0.1, 0.15) is 11.3 Å². The van der Waals surface area contributed by atoms with Gasteiger partial charge in [-0.05, 0) is 13.0 Å². The van der Waals surface area contributed by atoms with Gasteiger partial charge >= 0.3 is 0 Å². The third-order valence-electron chi connectivity index (χ3n) is 1.24. The number of hydrogen-bond donors (Lipinski definition) is 1. The minimum absolute atomic E-state index is 0.241. The Hall–Kier alpha value is -0.960. The maximum atomic E-state index is 12.7. The highest BCUT2D eigenvalue weighted by Crippen LogP contribution is 2.05. The van der Waals surface area contributed by atoms with E-state index < -0.39 is 5.82 Å². The van der Waals surface area contributed by atoms with Gasteiger partial charge in [0.25, 0.3) is 0 Å². The van der Waals surface area contributed by atoms with Gasteiger partial charge in [0.2, 0.25) is 0 Å². The molecule has 0 aliphatic heterocycles. The molecule has 54 valence electrons. The van der Waals surface area contributed by atoms with Gasteiger partial charge in [0.05, 0.1) is 6.61 Å². The van der Waals surface area contributed by atoms with Crippen LogP contribution < -0.4 is 0 Å². The van der Waals surface area contributed by atoms with E-state index in [4.69, 9.17) is 5.11 Å². The van der Waals surface area contributed by atoms with E-state index >= 15 is 0 Å². The number of rotatable bonds is 1. The van der Waals surface area contributed by atoms with Crippen molar-refractivity contribution in [2.24, 2.45) is 0 Å². The first-order valence-electron chi connectivity index (χ1n) is 2.96. The molecule has 0 bridgehead atoms. The Morgan fingerprint density at radius 2 is 2.40 bits per heavy atom. The van der Waals surface area contributed by atoms with Gasteiger partial charge in [-0.2, -0.15) is 0 Å². The van der Waals surface area contributed by atoms with Gasteiger partial charge in [0.15, 0.2) is 0 Å². The van der Waals surface area contributed by atoms with Crippen LogP contribution in [-0.2, 0) is 6.61 Å². The number of nitrogens with zero attached hydrogens (tertiary/aromatic N) is 1. The summed E-state index contributed by atoms with van der Waals surface area (Å²) in [6.45, 7) is 1.41. The predicted octanol–water partition coefficient (Wildman–Crippen LogP) is 1.02. The second-order valence-corrected chi connectivity index (χ2v) is 2.08. The van der Waals surface area contributed by atoms with Gasteiger partial charge < -0.3 is 5.11 Å². The van der Waals surface area contributed by atoms with Crippen LogP contribution >= 0.6 is 0 Å². The third kappa shape index (κ3) is 1.30. The zero-order valence-corrected chi connectivity index (χ0v) is 5.63. The predicted molar refractivity (Wildman–Crippen MR) is 34.9 cm³/mol. The van der Waals surface area contributed by atoms with Crippen LogP contribution in [0.25, 0.3) is 0 Å². The zero-order valence-electron chi connectivity index (χ0n) is 5.63. The smallest absolute Gasteiger partial charge is 0.132 e. The largest absolute Gasteiger partial charge is 0.392 e. The lowest BCUT2D eigenvalue weighted by Gasteiger charge is -1.97. The maximum absolute atomic E-state index is 12.7. The number of pyridine rings is 1. The van der Waals surface area contributed by atoms with Crippen molar-refractivity contribution in [1.29, 1.82) is 0 Å². The minimum atomic E-state index is -0.394. The van der Waals surface area contributed by atoms with Crippen molar-refractivity contribution in [2.45, 2.75) is 13.5 Å². The van der Waals surface area contributed by atoms with Crippen molar-refractivity contribution >= 4 is 0 Å². The lowest BCUT2D eigenvalue weighted by atomic mass is 10.2. The Kier molecular flexibility index (Phi) is 1.97. The molecule has 0 aliphatic carbocycles. The molecule has 1 aromatic rings. The standard InChI is InChI=1S/C7H8FNO/c1-5-2-7(8)6(4-10)3-9-5/h2-3,10H,4H2,1H3. The summed E-state index contributed by atoms with van der Waals surface area (Å²) in [6.07, 6.45) is 1.34. The van der Waals surface area contributed by atoms with E-state index in [1.54, 1.807) is 6.92 Å². The van der Waals surface area contributed by atoms with Gasteiger partial charge in [0, 0.05) is 17.5 Å². The average Bonchev–Trinajstić information content (AvgIpc) is 1.88. The second-order valence-electron chi connectivity index (χ2n) is 2.08. The molecule has 2 nitrogen and oxygen atoms in total. The summed E-state index contributed by atoms with van der Waals surface area (Å²) in [5.74, 6) is -0.394. The highest BCUT2D eigenvalue weighted by molar-refractivity contribution is 5.14. The SMILES string of the molecule is Cc1cc(F)c(CO)cn1. The highest BCUT2D eigenvalue weighted by Gasteiger charge is 1.99. The summed E-state index contributed by atoms with van der Waals surface area (Å²) in [4.78, 5) is 3.81. The minimum Gasteiger partial charge on any atom is -0.392 e. The Balaban J connectivity index is 3.07. The quantitative estimate of drug-likeness (QED) is 0.633. The van der Waals surface area contributed by atoms with Crippen molar-refractivity contribution < 1.29 is 9.50 Å². The van der Waals surface area contributed by atoms with Crippen molar-refractivity contribution in [3.05, 3.63) is 29.3 Å². The van der Waals surface area contributed by atoms with Crippen molar-refractivity contribution in [3.63, 3.8) is 0 Å². The fourth-order valence-corrected chi connectivity index (χ4v) is 0.671. The molecule has 0 aliphatic rings. The lowest BCUT2D eigenvalue weighted by molar-refractivity contribution is 0.275. The van der Waals surface area contributed by atoms with E-state index in [0.717, 1.165) is 0 Å². The fourth-order valence-electron chi connectivity index (χ4n) is 0.671. The molecule has 0 radical (unpaired) electrons. The van der Waals surface area contributed by atoms with E-state index in [0.29, 0.717) is 5.69 Å². The summed E-state index contributed by atoms with van der Waals surface area (Å²) >= 11 is 0. The van der Waals surface area contributed by atoms with Crippen LogP contribution in [0.4, 0.5) is 4.39 Å². The van der Waals surface area contributed by atoms with E-state index in [9.17, 15) is 4.39 Å². The molecule has 0 fully saturated rings. The Morgan fingerprint density at radius 1 is 1.70 bits per heavy atom. The molecule has 1 heterocycles. The summed E-state index contributed by atoms with van der Waals surface area (Å²) in [5.41, 5.74) is 0.861. The van der Waals surface area contributed by atoms with Crippen LogP contribution in [0.15, 0.2) is 12.3 Å². The average molecular weight is 141 g/mol. The number of aromatic nitrogens is 1. The van der Waals surface area contributed by atoms with Crippen LogP contribution in [0.2, 0.25) is 0 Å². The third-order valence-corrected chi connectivity index (χ3v) is 1.24. The Morgan fingerprint density at radius 3 is 2.90 bits per heavy atom. The van der Waals surface area contributed by atoms with E-state index in [-0.39, 0.29) is 12.2 Å². The van der Waals surface area contributed by atoms with E-state index in [2.05, 4.69) is 4.98 Å². The van der Waals surface area contributed by atoms with Crippen LogP contribution in [0.3, 0.4) is 0 Å². The first kappa shape index (κ1) is 7.15. The molecule has 0 amide bonds. The van der Waals surface area contributed by atoms with Crippen molar-refractivity contribution in [2.75, 3.05) is 0 Å². The Bertz CT molecular complexity index is 237. The molecule has 1 rings (SSSR count). The summed E-state index contributed by atoms with van der Waals surface area (Å²) in [7, 11) is 0. The molecule has 1 aromatic heterocycles. The normalized spacial score (nSPS) is 9.90. The molecule has 3 heteroatoms. The Labute approximate surface area is 58.3 Å². The molecule has 0 spiro atoms. The van der Waals surface area contributed by atoms with E-state index in [1.165, 1.54) is 12.3 Å². The maximum Gasteiger partial charge on any atom is 0.132 e. The fraction of sp³-hybridized carbons (Fsp3) is 0.286. The summed E-state index contributed by atoms with van der Waals surface area (Å²) in [6, 6.07) is 1.30. The van der Waals surface area contributed by atoms with Gasteiger partial charge in [-0.25, -0.2) is 4.39 Å². The van der Waals surface area contributed by atoms with E-state index in [1.807, 2.05) is 0 Å². The molecular formula is C7H8FNO. The summed E-state index contributed by atoms with van der Waals surface area (Å²) in [5, 5.41) is 8.53. The number of aryl methyl sites for hydroxylation is 1. The molecule has 0 saturated heterocycles. The first-order chi connectivity index (χ1) is 4.74. The molecule has 0 saturated carbocycles. The zero-order chi connectivity index (χ0) is 7.56. The first-order valence-corrected chi connectivity index (χ1v) is 2.96. The topological polar surface area (TPSA) is 33.1 Å². The molecular weight excluding hydrogens is 133 g/mol. The van der Waals surface area contributed by atoms with Crippen LogP contribution in [-0.4, -0.2) is 10.1 Å². The second kappa shape index (κ2) is 2.75. The van der Waals surface area contributed by atoms with Gasteiger partial charge in [0.1, 0.15) is 5.82 Å². The molecule has 0 atom stereocenters. The molecule has 1 N–H and O–H groups in total. The number of aliphatic hydroxyl groups excluding tert-OH is 1. The van der Waals surface area contributed by atoms with Crippen molar-refractivity contribution in [1.82, 2.24) is 4.98 Å². The number of hydrogen-bond acceptors (Lipinski definition) is 2. The van der Waals surface area contributed by atoms with Gasteiger partial charge in [-0.15, -0.1) is 0 Å². The molecule has 10 heavy (non-hydrogen) atoms.